The number of nitrogens with one attached hydrogen (secondary N) is 1. The van der Waals surface area contributed by atoms with Crippen molar-refractivity contribution in [2.24, 2.45) is 7.05 Å². The highest BCUT2D eigenvalue weighted by molar-refractivity contribution is 7.89. The molecule has 0 unspecified atom stereocenters. The number of hydrogen-bond acceptors (Lipinski definition) is 5. The highest BCUT2D eigenvalue weighted by atomic mass is 32.2. The van der Waals surface area contributed by atoms with Crippen molar-refractivity contribution in [3.63, 3.8) is 0 Å². The fourth-order valence-corrected chi connectivity index (χ4v) is 3.59. The van der Waals surface area contributed by atoms with Crippen LogP contribution in [0, 0.1) is 0 Å². The summed E-state index contributed by atoms with van der Waals surface area (Å²) < 4.78 is 28.0. The molecule has 2 aromatic carbocycles. The van der Waals surface area contributed by atoms with Gasteiger partial charge in [-0.15, -0.1) is 0 Å². The summed E-state index contributed by atoms with van der Waals surface area (Å²) in [5, 5.41) is 9.25. The lowest BCUT2D eigenvalue weighted by molar-refractivity contribution is 0.0697. The van der Waals surface area contributed by atoms with Gasteiger partial charge in [0.15, 0.2) is 0 Å². The number of hydrogen-bond donors (Lipinski definition) is 2. The number of carbonyl (C=O) groups is 1. The minimum Gasteiger partial charge on any atom is -0.478 e. The SMILES string of the molecule is CNS(=O)(=O)c1ccc(Cn2c(=O)c3cc(C(=O)O)ccc3n(C)c2=O)cc1. The summed E-state index contributed by atoms with van der Waals surface area (Å²) in [6.45, 7) is -0.0847. The van der Waals surface area contributed by atoms with Gasteiger partial charge in [-0.1, -0.05) is 12.1 Å². The maximum atomic E-state index is 12.8. The van der Waals surface area contributed by atoms with E-state index in [9.17, 15) is 22.8 Å². The van der Waals surface area contributed by atoms with E-state index in [0.29, 0.717) is 11.1 Å². The van der Waals surface area contributed by atoms with E-state index in [1.165, 1.54) is 61.1 Å². The van der Waals surface area contributed by atoms with Gasteiger partial charge in [0.1, 0.15) is 0 Å². The molecule has 0 fully saturated rings. The average molecular weight is 403 g/mol. The Hall–Kier alpha value is -3.24. The molecule has 0 aliphatic heterocycles. The van der Waals surface area contributed by atoms with E-state index in [0.717, 1.165) is 4.57 Å². The van der Waals surface area contributed by atoms with Gasteiger partial charge in [0.05, 0.1) is 27.9 Å². The second-order valence-corrected chi connectivity index (χ2v) is 8.01. The van der Waals surface area contributed by atoms with Crippen LogP contribution < -0.4 is 16.0 Å². The van der Waals surface area contributed by atoms with E-state index < -0.39 is 27.2 Å². The van der Waals surface area contributed by atoms with Crippen molar-refractivity contribution >= 4 is 26.9 Å². The van der Waals surface area contributed by atoms with Crippen LogP contribution in [0.1, 0.15) is 15.9 Å². The van der Waals surface area contributed by atoms with Crippen molar-refractivity contribution in [1.82, 2.24) is 13.9 Å². The third-order valence-corrected chi connectivity index (χ3v) is 5.87. The summed E-state index contributed by atoms with van der Waals surface area (Å²) in [5.74, 6) is -1.18. The normalized spacial score (nSPS) is 11.6. The van der Waals surface area contributed by atoms with E-state index in [-0.39, 0.29) is 22.4 Å². The lowest BCUT2D eigenvalue weighted by Crippen LogP contribution is -2.39. The Morgan fingerprint density at radius 2 is 1.75 bits per heavy atom. The molecule has 0 saturated carbocycles. The van der Waals surface area contributed by atoms with E-state index in [1.54, 1.807) is 0 Å². The number of carboxylic acids is 1. The Balaban J connectivity index is 2.12. The van der Waals surface area contributed by atoms with Crippen molar-refractivity contribution < 1.29 is 18.3 Å². The van der Waals surface area contributed by atoms with Crippen LogP contribution in [-0.4, -0.2) is 35.7 Å². The van der Waals surface area contributed by atoms with E-state index in [2.05, 4.69) is 4.72 Å². The van der Waals surface area contributed by atoms with Crippen LogP contribution in [0.3, 0.4) is 0 Å². The first kappa shape index (κ1) is 19.5. The van der Waals surface area contributed by atoms with E-state index in [4.69, 9.17) is 5.11 Å². The predicted octanol–water partition coefficient (Wildman–Crippen LogP) is 0.355. The molecule has 3 rings (SSSR count). The van der Waals surface area contributed by atoms with Crippen molar-refractivity contribution in [2.45, 2.75) is 11.4 Å². The first-order valence-corrected chi connectivity index (χ1v) is 9.63. The van der Waals surface area contributed by atoms with Crippen LogP contribution >= 0.6 is 0 Å². The molecule has 28 heavy (non-hydrogen) atoms. The zero-order chi connectivity index (χ0) is 20.6. The van der Waals surface area contributed by atoms with Gasteiger partial charge < -0.3 is 5.11 Å². The van der Waals surface area contributed by atoms with Crippen molar-refractivity contribution in [1.29, 1.82) is 0 Å². The van der Waals surface area contributed by atoms with Crippen LogP contribution in [0.4, 0.5) is 0 Å². The van der Waals surface area contributed by atoms with Crippen LogP contribution in [-0.2, 0) is 23.6 Å². The lowest BCUT2D eigenvalue weighted by Gasteiger charge is -2.11. The molecule has 0 radical (unpaired) electrons. The Kier molecular flexibility index (Phi) is 4.92. The summed E-state index contributed by atoms with van der Waals surface area (Å²) in [7, 11) is -0.804. The fourth-order valence-electron chi connectivity index (χ4n) is 2.86. The standard InChI is InChI=1S/C18H17N3O6S/c1-19-28(26,27)13-6-3-11(4-7-13)10-21-16(22)14-9-12(17(23)24)5-8-15(14)20(2)18(21)25/h3-9,19H,10H2,1-2H3,(H,23,24). The Morgan fingerprint density at radius 1 is 1.11 bits per heavy atom. The number of carboxylic acid groups (broad SMARTS) is 1. The number of aryl methyl sites for hydroxylation is 1. The van der Waals surface area contributed by atoms with E-state index >= 15 is 0 Å². The van der Waals surface area contributed by atoms with Crippen molar-refractivity contribution in [2.75, 3.05) is 7.05 Å². The first-order chi connectivity index (χ1) is 13.2. The fraction of sp³-hybridized carbons (Fsp3) is 0.167. The minimum absolute atomic E-state index is 0.0589. The molecule has 0 spiro atoms. The number of aromatic nitrogens is 2. The maximum Gasteiger partial charge on any atom is 0.335 e. The smallest absolute Gasteiger partial charge is 0.335 e. The van der Waals surface area contributed by atoms with Gasteiger partial charge in [-0.25, -0.2) is 22.7 Å². The molecule has 0 amide bonds. The molecular formula is C18H17N3O6S. The van der Waals surface area contributed by atoms with Crippen molar-refractivity contribution in [3.05, 3.63) is 74.4 Å². The second kappa shape index (κ2) is 7.06. The predicted molar refractivity (Wildman–Crippen MR) is 102 cm³/mol. The monoisotopic (exact) mass is 403 g/mol. The van der Waals surface area contributed by atoms with Gasteiger partial charge in [0.25, 0.3) is 5.56 Å². The largest absolute Gasteiger partial charge is 0.478 e. The topological polar surface area (TPSA) is 127 Å². The van der Waals surface area contributed by atoms with Crippen molar-refractivity contribution in [3.8, 4) is 0 Å². The third-order valence-electron chi connectivity index (χ3n) is 4.44. The summed E-state index contributed by atoms with van der Waals surface area (Å²) >= 11 is 0. The molecule has 1 heterocycles. The Labute approximate surface area is 159 Å². The van der Waals surface area contributed by atoms with Gasteiger partial charge in [-0.3, -0.25) is 13.9 Å². The van der Waals surface area contributed by atoms with Gasteiger partial charge in [0.2, 0.25) is 10.0 Å². The van der Waals surface area contributed by atoms with Crippen LogP contribution in [0.2, 0.25) is 0 Å². The summed E-state index contributed by atoms with van der Waals surface area (Å²) in [6, 6.07) is 9.75. The van der Waals surface area contributed by atoms with E-state index in [1.807, 2.05) is 0 Å². The highest BCUT2D eigenvalue weighted by Crippen LogP contribution is 2.13. The Morgan fingerprint density at radius 3 is 2.32 bits per heavy atom. The number of fused-ring (bicyclic) bond motifs is 1. The molecule has 0 aliphatic rings. The van der Waals surface area contributed by atoms with Gasteiger partial charge in [0, 0.05) is 7.05 Å². The third kappa shape index (κ3) is 3.35. The van der Waals surface area contributed by atoms with Gasteiger partial charge >= 0.3 is 11.7 Å². The lowest BCUT2D eigenvalue weighted by atomic mass is 10.1. The number of nitrogens with zero attached hydrogens (tertiary/aromatic N) is 2. The highest BCUT2D eigenvalue weighted by Gasteiger charge is 2.15. The van der Waals surface area contributed by atoms with Crippen LogP contribution in [0.25, 0.3) is 10.9 Å². The molecule has 10 heteroatoms. The number of sulfonamides is 1. The van der Waals surface area contributed by atoms with Crippen LogP contribution in [0.5, 0.6) is 0 Å². The Bertz CT molecular complexity index is 1300. The molecule has 9 nitrogen and oxygen atoms in total. The molecule has 1 aromatic heterocycles. The maximum absolute atomic E-state index is 12.8. The molecule has 0 bridgehead atoms. The average Bonchev–Trinajstić information content (AvgIpc) is 2.69. The first-order valence-electron chi connectivity index (χ1n) is 8.15. The summed E-state index contributed by atoms with van der Waals surface area (Å²) in [6.07, 6.45) is 0. The second-order valence-electron chi connectivity index (χ2n) is 6.12. The van der Waals surface area contributed by atoms with Gasteiger partial charge in [-0.2, -0.15) is 0 Å². The van der Waals surface area contributed by atoms with Gasteiger partial charge in [-0.05, 0) is 42.9 Å². The zero-order valence-electron chi connectivity index (χ0n) is 15.0. The molecule has 2 N–H and O–H groups in total. The molecule has 0 aliphatic carbocycles. The molecule has 0 atom stereocenters. The molecule has 0 saturated heterocycles. The minimum atomic E-state index is -3.59. The quantitative estimate of drug-likeness (QED) is 0.633. The van der Waals surface area contributed by atoms with Crippen LogP contribution in [0.15, 0.2) is 56.9 Å². The zero-order valence-corrected chi connectivity index (χ0v) is 15.9. The summed E-state index contributed by atoms with van der Waals surface area (Å²) in [4.78, 5) is 36.7. The summed E-state index contributed by atoms with van der Waals surface area (Å²) in [5.41, 5.74) is -0.369. The molecular weight excluding hydrogens is 386 g/mol. The number of rotatable bonds is 5. The number of aromatic carboxylic acids is 1. The molecule has 146 valence electrons. The molecule has 3 aromatic rings. The number of benzene rings is 2.